The van der Waals surface area contributed by atoms with Crippen LogP contribution in [0.2, 0.25) is 0 Å². The molecule has 1 aromatic heterocycles. The number of aromatic amines is 1. The fraction of sp³-hybridized carbons (Fsp3) is 0.0952. The Morgan fingerprint density at radius 1 is 1.03 bits per heavy atom. The second-order valence-electron chi connectivity index (χ2n) is 6.38. The third-order valence-electron chi connectivity index (χ3n) is 4.37. The number of benzene rings is 3. The molecule has 152 valence electrons. The lowest BCUT2D eigenvalue weighted by atomic mass is 10.0. The van der Waals surface area contributed by atoms with Crippen LogP contribution < -0.4 is 4.74 Å². The maximum absolute atomic E-state index is 13.2. The quantitative estimate of drug-likeness (QED) is 0.334. The molecule has 0 spiro atoms. The standard InChI is InChI=1S/C21H15F3N4OS/c22-21(23,24)19-26-27-20(30)28(19)25-12-17-16-9-5-4-8-15(16)10-11-18(17)29-13-14-6-2-1-3-7-14/h1-12H,13H2,(H,27,30)/b25-12-. The molecule has 0 amide bonds. The average Bonchev–Trinajstić information content (AvgIpc) is 3.12. The number of ether oxygens (including phenoxy) is 1. The molecule has 3 aromatic carbocycles. The van der Waals surface area contributed by atoms with Crippen molar-refractivity contribution >= 4 is 29.2 Å². The SMILES string of the molecule is FC(F)(F)c1n[nH]c(=S)n1/N=C\c1c(OCc2ccccc2)ccc2ccccc12. The van der Waals surface area contributed by atoms with E-state index in [2.05, 4.69) is 15.3 Å². The minimum Gasteiger partial charge on any atom is -0.488 e. The number of hydrogen-bond acceptors (Lipinski definition) is 4. The highest BCUT2D eigenvalue weighted by atomic mass is 32.1. The van der Waals surface area contributed by atoms with Crippen molar-refractivity contribution in [2.75, 3.05) is 0 Å². The van der Waals surface area contributed by atoms with E-state index in [9.17, 15) is 13.2 Å². The molecule has 0 aliphatic carbocycles. The minimum absolute atomic E-state index is 0.259. The average molecular weight is 428 g/mol. The molecule has 9 heteroatoms. The Morgan fingerprint density at radius 2 is 1.77 bits per heavy atom. The van der Waals surface area contributed by atoms with Crippen molar-refractivity contribution in [2.45, 2.75) is 12.8 Å². The number of halogens is 3. The van der Waals surface area contributed by atoms with Gasteiger partial charge in [-0.1, -0.05) is 60.7 Å². The molecule has 0 saturated heterocycles. The van der Waals surface area contributed by atoms with E-state index < -0.39 is 12.0 Å². The van der Waals surface area contributed by atoms with Gasteiger partial charge in [0.2, 0.25) is 4.77 Å². The molecule has 30 heavy (non-hydrogen) atoms. The number of nitrogens with zero attached hydrogens (tertiary/aromatic N) is 3. The van der Waals surface area contributed by atoms with Gasteiger partial charge in [0, 0.05) is 5.56 Å². The molecule has 1 N–H and O–H groups in total. The Bertz CT molecular complexity index is 1260. The van der Waals surface area contributed by atoms with Gasteiger partial charge in [0.05, 0.1) is 6.21 Å². The third kappa shape index (κ3) is 4.11. The van der Waals surface area contributed by atoms with Crippen molar-refractivity contribution in [3.05, 3.63) is 88.5 Å². The summed E-state index contributed by atoms with van der Waals surface area (Å²) in [6.45, 7) is 0.305. The van der Waals surface area contributed by atoms with Crippen molar-refractivity contribution in [3.63, 3.8) is 0 Å². The summed E-state index contributed by atoms with van der Waals surface area (Å²) in [6.07, 6.45) is -3.39. The van der Waals surface area contributed by atoms with Crippen molar-refractivity contribution in [1.82, 2.24) is 14.9 Å². The van der Waals surface area contributed by atoms with Crippen LogP contribution in [0, 0.1) is 4.77 Å². The van der Waals surface area contributed by atoms with Gasteiger partial charge in [-0.3, -0.25) is 0 Å². The first-order valence-electron chi connectivity index (χ1n) is 8.91. The van der Waals surface area contributed by atoms with Gasteiger partial charge < -0.3 is 4.74 Å². The first-order chi connectivity index (χ1) is 14.4. The smallest absolute Gasteiger partial charge is 0.453 e. The second-order valence-corrected chi connectivity index (χ2v) is 6.77. The minimum atomic E-state index is -4.70. The Balaban J connectivity index is 1.76. The van der Waals surface area contributed by atoms with Crippen molar-refractivity contribution in [2.24, 2.45) is 5.10 Å². The van der Waals surface area contributed by atoms with E-state index in [0.29, 0.717) is 22.6 Å². The topological polar surface area (TPSA) is 55.2 Å². The zero-order valence-corrected chi connectivity index (χ0v) is 16.2. The van der Waals surface area contributed by atoms with Crippen LogP contribution in [-0.2, 0) is 12.8 Å². The first kappa shape index (κ1) is 19.8. The van der Waals surface area contributed by atoms with E-state index in [1.54, 1.807) is 6.07 Å². The molecule has 0 fully saturated rings. The number of alkyl halides is 3. The Morgan fingerprint density at radius 3 is 2.53 bits per heavy atom. The third-order valence-corrected chi connectivity index (χ3v) is 4.64. The van der Waals surface area contributed by atoms with Crippen LogP contribution in [0.1, 0.15) is 17.0 Å². The fourth-order valence-electron chi connectivity index (χ4n) is 2.97. The van der Waals surface area contributed by atoms with Gasteiger partial charge in [0.1, 0.15) is 12.4 Å². The molecule has 0 bridgehead atoms. The number of fused-ring (bicyclic) bond motifs is 1. The van der Waals surface area contributed by atoms with Crippen LogP contribution in [0.5, 0.6) is 5.75 Å². The van der Waals surface area contributed by atoms with Crippen LogP contribution in [0.4, 0.5) is 13.2 Å². The molecule has 0 aliphatic heterocycles. The molecular weight excluding hydrogens is 413 g/mol. The molecule has 4 rings (SSSR count). The van der Waals surface area contributed by atoms with Crippen LogP contribution in [0.25, 0.3) is 10.8 Å². The number of H-pyrrole nitrogens is 1. The molecule has 0 saturated carbocycles. The molecule has 0 unspecified atom stereocenters. The second kappa shape index (κ2) is 8.11. The summed E-state index contributed by atoms with van der Waals surface area (Å²) >= 11 is 4.90. The predicted octanol–water partition coefficient (Wildman–Crippen LogP) is 5.57. The van der Waals surface area contributed by atoms with Crippen LogP contribution in [0.3, 0.4) is 0 Å². The number of hydrogen-bond donors (Lipinski definition) is 1. The van der Waals surface area contributed by atoms with E-state index >= 15 is 0 Å². The summed E-state index contributed by atoms with van der Waals surface area (Å²) in [5.41, 5.74) is 1.50. The van der Waals surface area contributed by atoms with Crippen LogP contribution in [0.15, 0.2) is 71.8 Å². The van der Waals surface area contributed by atoms with Crippen molar-refractivity contribution < 1.29 is 17.9 Å². The Kier molecular flexibility index (Phi) is 5.37. The van der Waals surface area contributed by atoms with Crippen molar-refractivity contribution in [3.8, 4) is 5.75 Å². The molecule has 0 radical (unpaired) electrons. The van der Waals surface area contributed by atoms with Crippen LogP contribution >= 0.6 is 12.2 Å². The Labute approximate surface area is 174 Å². The maximum atomic E-state index is 13.2. The normalized spacial score (nSPS) is 12.0. The van der Waals surface area contributed by atoms with Crippen LogP contribution in [-0.4, -0.2) is 21.1 Å². The van der Waals surface area contributed by atoms with E-state index in [4.69, 9.17) is 17.0 Å². The molecule has 1 heterocycles. The van der Waals surface area contributed by atoms with Gasteiger partial charge in [-0.05, 0) is 34.6 Å². The number of rotatable bonds is 5. The number of nitrogens with one attached hydrogen (secondary N) is 1. The predicted molar refractivity (Wildman–Crippen MR) is 110 cm³/mol. The van der Waals surface area contributed by atoms with Crippen molar-refractivity contribution in [1.29, 1.82) is 0 Å². The zero-order valence-electron chi connectivity index (χ0n) is 15.4. The first-order valence-corrected chi connectivity index (χ1v) is 9.32. The summed E-state index contributed by atoms with van der Waals surface area (Å²) < 4.78 is 45.8. The summed E-state index contributed by atoms with van der Waals surface area (Å²) in [4.78, 5) is 0. The van der Waals surface area contributed by atoms with Gasteiger partial charge in [-0.15, -0.1) is 5.10 Å². The highest BCUT2D eigenvalue weighted by molar-refractivity contribution is 7.71. The molecular formula is C21H15F3N4OS. The largest absolute Gasteiger partial charge is 0.488 e. The number of aromatic nitrogens is 3. The highest BCUT2D eigenvalue weighted by Gasteiger charge is 2.37. The van der Waals surface area contributed by atoms with E-state index in [0.717, 1.165) is 16.3 Å². The lowest BCUT2D eigenvalue weighted by molar-refractivity contribution is -0.147. The highest BCUT2D eigenvalue weighted by Crippen LogP contribution is 2.29. The summed E-state index contributed by atoms with van der Waals surface area (Å²) in [5, 5.41) is 11.0. The summed E-state index contributed by atoms with van der Waals surface area (Å²) in [7, 11) is 0. The van der Waals surface area contributed by atoms with Gasteiger partial charge in [-0.25, -0.2) is 5.10 Å². The van der Waals surface area contributed by atoms with Gasteiger partial charge >= 0.3 is 6.18 Å². The monoisotopic (exact) mass is 428 g/mol. The lowest BCUT2D eigenvalue weighted by Crippen LogP contribution is -2.13. The summed E-state index contributed by atoms with van der Waals surface area (Å²) in [5.74, 6) is -0.736. The molecule has 0 atom stereocenters. The van der Waals surface area contributed by atoms with E-state index in [-0.39, 0.29) is 4.77 Å². The van der Waals surface area contributed by atoms with Gasteiger partial charge in [0.25, 0.3) is 5.82 Å². The molecule has 0 aliphatic rings. The summed E-state index contributed by atoms with van der Waals surface area (Å²) in [6, 6.07) is 20.7. The van der Waals surface area contributed by atoms with E-state index in [1.807, 2.05) is 60.7 Å². The fourth-order valence-corrected chi connectivity index (χ4v) is 3.15. The maximum Gasteiger partial charge on any atom is 0.453 e. The molecule has 4 aromatic rings. The molecule has 5 nitrogen and oxygen atoms in total. The van der Waals surface area contributed by atoms with Gasteiger partial charge in [0.15, 0.2) is 0 Å². The Hall–Kier alpha value is -3.46. The zero-order chi connectivity index (χ0) is 21.1. The lowest BCUT2D eigenvalue weighted by Gasteiger charge is -2.12. The van der Waals surface area contributed by atoms with Gasteiger partial charge in [-0.2, -0.15) is 22.9 Å². The van der Waals surface area contributed by atoms with E-state index in [1.165, 1.54) is 6.21 Å².